The Kier molecular flexibility index (Phi) is 2.59. The van der Waals surface area contributed by atoms with Gasteiger partial charge in [0.15, 0.2) is 0 Å². The summed E-state index contributed by atoms with van der Waals surface area (Å²) in [6.45, 7) is 2.12. The molecule has 1 N–H and O–H groups in total. The summed E-state index contributed by atoms with van der Waals surface area (Å²) in [5.41, 5.74) is 2.64. The van der Waals surface area contributed by atoms with Crippen LogP contribution in [0.25, 0.3) is 0 Å². The highest BCUT2D eigenvalue weighted by molar-refractivity contribution is 5.29. The second kappa shape index (κ2) is 3.87. The monoisotopic (exact) mass is 179 g/mol. The molecule has 3 nitrogen and oxygen atoms in total. The molecule has 0 radical (unpaired) electrons. The van der Waals surface area contributed by atoms with Gasteiger partial charge in [-0.15, -0.1) is 0 Å². The quantitative estimate of drug-likeness (QED) is 0.749. The maximum atomic E-state index is 8.59. The van der Waals surface area contributed by atoms with Crippen molar-refractivity contribution in [3.05, 3.63) is 35.4 Å². The van der Waals surface area contributed by atoms with Crippen LogP contribution in [0.4, 0.5) is 0 Å². The first-order chi connectivity index (χ1) is 6.40. The number of hydrogen-bond donors (Lipinski definition) is 1. The van der Waals surface area contributed by atoms with Gasteiger partial charge in [-0.1, -0.05) is 24.3 Å². The summed E-state index contributed by atoms with van der Waals surface area (Å²) in [6.07, 6.45) is 0. The van der Waals surface area contributed by atoms with E-state index in [0.717, 1.165) is 13.1 Å². The average Bonchev–Trinajstić information content (AvgIpc) is 2.57. The Morgan fingerprint density at radius 2 is 1.85 bits per heavy atom. The zero-order valence-electron chi connectivity index (χ0n) is 7.44. The van der Waals surface area contributed by atoms with Gasteiger partial charge in [-0.05, 0) is 11.1 Å². The highest BCUT2D eigenvalue weighted by Gasteiger charge is 2.17. The fourth-order valence-corrected chi connectivity index (χ4v) is 1.56. The number of fused-ring (bicyclic) bond motifs is 1. The van der Waals surface area contributed by atoms with Crippen LogP contribution in [0.5, 0.6) is 0 Å². The summed E-state index contributed by atoms with van der Waals surface area (Å²) in [6, 6.07) is 8.29. The standard InChI is InChI=1S/C10H13NO2/c12-5-6-13-11-7-9-3-1-2-4-10(9)8-11/h1-4,12H,5-8H2. The molecule has 1 aliphatic heterocycles. The average molecular weight is 179 g/mol. The first-order valence-electron chi connectivity index (χ1n) is 4.45. The van der Waals surface area contributed by atoms with Crippen LogP contribution in [0, 0.1) is 0 Å². The predicted molar refractivity (Wildman–Crippen MR) is 48.7 cm³/mol. The van der Waals surface area contributed by atoms with Crippen molar-refractivity contribution in [2.45, 2.75) is 13.1 Å². The lowest BCUT2D eigenvalue weighted by atomic mass is 10.1. The number of nitrogens with zero attached hydrogens (tertiary/aromatic N) is 1. The van der Waals surface area contributed by atoms with Crippen LogP contribution in [0.15, 0.2) is 24.3 Å². The van der Waals surface area contributed by atoms with Crippen molar-refractivity contribution in [1.29, 1.82) is 0 Å². The molecule has 0 unspecified atom stereocenters. The fraction of sp³-hybridized carbons (Fsp3) is 0.400. The van der Waals surface area contributed by atoms with Crippen molar-refractivity contribution in [3.63, 3.8) is 0 Å². The molecule has 0 bridgehead atoms. The Hall–Kier alpha value is -0.900. The molecule has 0 saturated heterocycles. The van der Waals surface area contributed by atoms with E-state index < -0.39 is 0 Å². The Balaban J connectivity index is 1.97. The third-order valence-corrected chi connectivity index (χ3v) is 2.18. The summed E-state index contributed by atoms with van der Waals surface area (Å²) in [7, 11) is 0. The third-order valence-electron chi connectivity index (χ3n) is 2.18. The van der Waals surface area contributed by atoms with Gasteiger partial charge < -0.3 is 5.11 Å². The lowest BCUT2D eigenvalue weighted by molar-refractivity contribution is -0.172. The van der Waals surface area contributed by atoms with Crippen LogP contribution in [0.3, 0.4) is 0 Å². The molecule has 3 heteroatoms. The van der Waals surface area contributed by atoms with Gasteiger partial charge in [-0.25, -0.2) is 0 Å². The lowest BCUT2D eigenvalue weighted by Gasteiger charge is -2.13. The van der Waals surface area contributed by atoms with Crippen molar-refractivity contribution in [2.24, 2.45) is 0 Å². The van der Waals surface area contributed by atoms with Gasteiger partial charge in [0.2, 0.25) is 0 Å². The predicted octanol–water partition coefficient (Wildman–Crippen LogP) is 0.926. The van der Waals surface area contributed by atoms with Gasteiger partial charge in [-0.3, -0.25) is 4.84 Å². The SMILES string of the molecule is OCCON1Cc2ccccc2C1. The molecule has 1 aliphatic rings. The fourth-order valence-electron chi connectivity index (χ4n) is 1.56. The highest BCUT2D eigenvalue weighted by Crippen LogP contribution is 2.21. The van der Waals surface area contributed by atoms with E-state index >= 15 is 0 Å². The zero-order valence-corrected chi connectivity index (χ0v) is 7.44. The van der Waals surface area contributed by atoms with Gasteiger partial charge >= 0.3 is 0 Å². The number of rotatable bonds is 3. The van der Waals surface area contributed by atoms with Gasteiger partial charge in [0.25, 0.3) is 0 Å². The van der Waals surface area contributed by atoms with E-state index in [-0.39, 0.29) is 6.61 Å². The van der Waals surface area contributed by atoms with Crippen LogP contribution in [0.2, 0.25) is 0 Å². The number of hydroxylamine groups is 2. The highest BCUT2D eigenvalue weighted by atomic mass is 16.7. The maximum absolute atomic E-state index is 8.59. The molecule has 0 aromatic heterocycles. The summed E-state index contributed by atoms with van der Waals surface area (Å²) in [5, 5.41) is 10.5. The van der Waals surface area contributed by atoms with E-state index in [9.17, 15) is 0 Å². The minimum atomic E-state index is 0.0762. The van der Waals surface area contributed by atoms with Crippen molar-refractivity contribution >= 4 is 0 Å². The summed E-state index contributed by atoms with van der Waals surface area (Å²) in [4.78, 5) is 5.32. The van der Waals surface area contributed by atoms with E-state index in [0.29, 0.717) is 6.61 Å². The van der Waals surface area contributed by atoms with Crippen molar-refractivity contribution in [1.82, 2.24) is 5.06 Å². The number of hydrogen-bond acceptors (Lipinski definition) is 3. The van der Waals surface area contributed by atoms with E-state index in [1.54, 1.807) is 0 Å². The molecule has 13 heavy (non-hydrogen) atoms. The smallest absolute Gasteiger partial charge is 0.0916 e. The van der Waals surface area contributed by atoms with E-state index in [2.05, 4.69) is 12.1 Å². The van der Waals surface area contributed by atoms with E-state index in [4.69, 9.17) is 9.94 Å². The van der Waals surface area contributed by atoms with Crippen molar-refractivity contribution < 1.29 is 9.94 Å². The Morgan fingerprint density at radius 1 is 1.23 bits per heavy atom. The molecular formula is C10H13NO2. The lowest BCUT2D eigenvalue weighted by Crippen LogP contribution is -2.18. The third kappa shape index (κ3) is 1.88. The molecule has 1 heterocycles. The zero-order chi connectivity index (χ0) is 9.10. The van der Waals surface area contributed by atoms with Crippen LogP contribution in [-0.2, 0) is 17.9 Å². The van der Waals surface area contributed by atoms with Crippen molar-refractivity contribution in [2.75, 3.05) is 13.2 Å². The van der Waals surface area contributed by atoms with Gasteiger partial charge in [0, 0.05) is 13.1 Å². The first kappa shape index (κ1) is 8.69. The minimum Gasteiger partial charge on any atom is -0.394 e. The van der Waals surface area contributed by atoms with Crippen LogP contribution >= 0.6 is 0 Å². The Bertz CT molecular complexity index is 263. The van der Waals surface area contributed by atoms with E-state index in [1.165, 1.54) is 11.1 Å². The van der Waals surface area contributed by atoms with Crippen LogP contribution < -0.4 is 0 Å². The van der Waals surface area contributed by atoms with Gasteiger partial charge in [0.05, 0.1) is 13.2 Å². The maximum Gasteiger partial charge on any atom is 0.0916 e. The van der Waals surface area contributed by atoms with Crippen LogP contribution in [-0.4, -0.2) is 23.4 Å². The van der Waals surface area contributed by atoms with Gasteiger partial charge in [-0.2, -0.15) is 5.06 Å². The molecule has 0 saturated carbocycles. The minimum absolute atomic E-state index is 0.0762. The second-order valence-electron chi connectivity index (χ2n) is 3.12. The largest absolute Gasteiger partial charge is 0.394 e. The van der Waals surface area contributed by atoms with Crippen molar-refractivity contribution in [3.8, 4) is 0 Å². The Morgan fingerprint density at radius 3 is 2.38 bits per heavy atom. The molecule has 0 fully saturated rings. The molecule has 0 aliphatic carbocycles. The Labute approximate surface area is 77.5 Å². The molecule has 1 aromatic rings. The molecular weight excluding hydrogens is 166 g/mol. The van der Waals surface area contributed by atoms with E-state index in [1.807, 2.05) is 17.2 Å². The normalized spacial score (nSPS) is 16.1. The van der Waals surface area contributed by atoms with Gasteiger partial charge in [0.1, 0.15) is 0 Å². The number of aliphatic hydroxyl groups excluding tert-OH is 1. The summed E-state index contributed by atoms with van der Waals surface area (Å²) >= 11 is 0. The molecule has 2 rings (SSSR count). The number of aliphatic hydroxyl groups is 1. The summed E-state index contributed by atoms with van der Waals surface area (Å²) in [5.74, 6) is 0. The molecule has 70 valence electrons. The number of benzene rings is 1. The second-order valence-corrected chi connectivity index (χ2v) is 3.12. The summed E-state index contributed by atoms with van der Waals surface area (Å²) < 4.78 is 0. The molecule has 1 aromatic carbocycles. The molecule has 0 amide bonds. The molecule has 0 spiro atoms. The van der Waals surface area contributed by atoms with Crippen LogP contribution in [0.1, 0.15) is 11.1 Å². The topological polar surface area (TPSA) is 32.7 Å². The first-order valence-corrected chi connectivity index (χ1v) is 4.45. The molecule has 0 atom stereocenters.